The van der Waals surface area contributed by atoms with Crippen LogP contribution in [0.5, 0.6) is 5.75 Å². The summed E-state index contributed by atoms with van der Waals surface area (Å²) in [5.41, 5.74) is 2.14. The molecule has 0 unspecified atom stereocenters. The third kappa shape index (κ3) is 3.49. The van der Waals surface area contributed by atoms with Crippen molar-refractivity contribution in [2.24, 2.45) is 0 Å². The zero-order valence-electron chi connectivity index (χ0n) is 17.2. The van der Waals surface area contributed by atoms with Gasteiger partial charge in [-0.1, -0.05) is 35.5 Å². The molecule has 9 heteroatoms. The molecule has 0 aliphatic rings. The number of nitrogens with one attached hydrogen (secondary N) is 2. The number of hydrogen-bond acceptors (Lipinski definition) is 6. The van der Waals surface area contributed by atoms with Crippen LogP contribution in [-0.4, -0.2) is 32.4 Å². The van der Waals surface area contributed by atoms with E-state index in [-0.39, 0.29) is 18.0 Å². The van der Waals surface area contributed by atoms with Crippen molar-refractivity contribution in [3.63, 3.8) is 0 Å². The van der Waals surface area contributed by atoms with E-state index < -0.39 is 5.91 Å². The van der Waals surface area contributed by atoms with Crippen molar-refractivity contribution in [1.29, 1.82) is 0 Å². The molecule has 0 aliphatic carbocycles. The van der Waals surface area contributed by atoms with Gasteiger partial charge in [0.2, 0.25) is 11.8 Å². The fraction of sp³-hybridized carbons (Fsp3) is 0.130. The van der Waals surface area contributed by atoms with E-state index in [1.165, 1.54) is 0 Å². The van der Waals surface area contributed by atoms with Gasteiger partial charge in [-0.3, -0.25) is 14.9 Å². The minimum atomic E-state index is -0.462. The number of nitrogens with zero attached hydrogens (tertiary/aromatic N) is 3. The number of carbonyl (C=O) groups is 1. The molecule has 0 aliphatic heterocycles. The maximum atomic E-state index is 12.8. The van der Waals surface area contributed by atoms with Crippen molar-refractivity contribution < 1.29 is 14.1 Å². The van der Waals surface area contributed by atoms with Crippen LogP contribution in [0.2, 0.25) is 0 Å². The van der Waals surface area contributed by atoms with Gasteiger partial charge >= 0.3 is 0 Å². The van der Waals surface area contributed by atoms with Gasteiger partial charge in [0.1, 0.15) is 23.5 Å². The van der Waals surface area contributed by atoms with Crippen molar-refractivity contribution >= 4 is 33.6 Å². The highest BCUT2D eigenvalue weighted by Crippen LogP contribution is 2.30. The third-order valence-electron chi connectivity index (χ3n) is 5.05. The van der Waals surface area contributed by atoms with Crippen LogP contribution in [0.1, 0.15) is 6.92 Å². The highest BCUT2D eigenvalue weighted by atomic mass is 16.5. The van der Waals surface area contributed by atoms with Crippen molar-refractivity contribution in [2.45, 2.75) is 13.5 Å². The normalized spacial score (nSPS) is 11.2. The average molecular weight is 429 g/mol. The molecule has 1 amide bonds. The summed E-state index contributed by atoms with van der Waals surface area (Å²) in [6, 6.07) is 16.6. The number of aromatic nitrogens is 4. The van der Waals surface area contributed by atoms with E-state index in [4.69, 9.17) is 9.26 Å². The summed E-state index contributed by atoms with van der Waals surface area (Å²) in [6.45, 7) is 2.14. The Morgan fingerprint density at radius 3 is 2.84 bits per heavy atom. The molecular weight excluding hydrogens is 410 g/mol. The molecule has 3 heterocycles. The number of fused-ring (bicyclic) bond motifs is 3. The van der Waals surface area contributed by atoms with Crippen molar-refractivity contribution in [1.82, 2.24) is 19.9 Å². The third-order valence-corrected chi connectivity index (χ3v) is 5.05. The van der Waals surface area contributed by atoms with Gasteiger partial charge in [-0.25, -0.2) is 4.68 Å². The zero-order chi connectivity index (χ0) is 22.1. The van der Waals surface area contributed by atoms with Crippen LogP contribution >= 0.6 is 0 Å². The van der Waals surface area contributed by atoms with Gasteiger partial charge in [0.25, 0.3) is 5.56 Å². The standard InChI is InChI=1S/C23H19N5O4/c1-2-31-19-10-6-4-8-15(19)18-11-21(32-27-18)26-20(29)13-28-23(30)22-16(12-24-28)14-7-3-5-9-17(14)25-22/h3-12,25H,2,13H2,1H3,(H,26,29). The molecular formula is C23H19N5O4. The second-order valence-electron chi connectivity index (χ2n) is 7.12. The smallest absolute Gasteiger partial charge is 0.291 e. The summed E-state index contributed by atoms with van der Waals surface area (Å²) in [5.74, 6) is 0.371. The Morgan fingerprint density at radius 2 is 1.97 bits per heavy atom. The van der Waals surface area contributed by atoms with E-state index in [0.29, 0.717) is 23.6 Å². The number of rotatable bonds is 6. The van der Waals surface area contributed by atoms with Gasteiger partial charge in [-0.2, -0.15) is 5.10 Å². The Morgan fingerprint density at radius 1 is 1.16 bits per heavy atom. The summed E-state index contributed by atoms with van der Waals surface area (Å²) in [6.07, 6.45) is 1.58. The highest BCUT2D eigenvalue weighted by Gasteiger charge is 2.15. The van der Waals surface area contributed by atoms with Crippen molar-refractivity contribution in [3.8, 4) is 17.0 Å². The molecule has 2 aromatic carbocycles. The molecule has 0 radical (unpaired) electrons. The van der Waals surface area contributed by atoms with Crippen molar-refractivity contribution in [2.75, 3.05) is 11.9 Å². The Bertz CT molecular complexity index is 1500. The molecule has 5 aromatic rings. The van der Waals surface area contributed by atoms with E-state index in [1.54, 1.807) is 12.3 Å². The molecule has 0 spiro atoms. The lowest BCUT2D eigenvalue weighted by Crippen LogP contribution is -2.29. The minimum absolute atomic E-state index is 0.163. The molecule has 9 nitrogen and oxygen atoms in total. The molecule has 3 aromatic heterocycles. The molecule has 0 atom stereocenters. The second-order valence-corrected chi connectivity index (χ2v) is 7.12. The van der Waals surface area contributed by atoms with E-state index in [2.05, 4.69) is 20.6 Å². The van der Waals surface area contributed by atoms with Gasteiger partial charge in [0.05, 0.1) is 12.8 Å². The monoisotopic (exact) mass is 429 g/mol. The second kappa shape index (κ2) is 8.03. The van der Waals surface area contributed by atoms with Gasteiger partial charge in [0.15, 0.2) is 0 Å². The average Bonchev–Trinajstić information content (AvgIpc) is 3.41. The summed E-state index contributed by atoms with van der Waals surface area (Å²) in [5, 5.41) is 12.4. The molecule has 0 bridgehead atoms. The lowest BCUT2D eigenvalue weighted by molar-refractivity contribution is -0.117. The van der Waals surface area contributed by atoms with E-state index in [1.807, 2.05) is 55.5 Å². The SMILES string of the molecule is CCOc1ccccc1-c1cc(NC(=O)Cn2ncc3c([nH]c4ccccc43)c2=O)on1. The summed E-state index contributed by atoms with van der Waals surface area (Å²) in [4.78, 5) is 28.4. The van der Waals surface area contributed by atoms with Gasteiger partial charge in [0, 0.05) is 27.9 Å². The summed E-state index contributed by atoms with van der Waals surface area (Å²) in [7, 11) is 0. The summed E-state index contributed by atoms with van der Waals surface area (Å²) < 4.78 is 12.0. The Balaban J connectivity index is 1.36. The number of aromatic amines is 1. The van der Waals surface area contributed by atoms with Crippen LogP contribution < -0.4 is 15.6 Å². The maximum Gasteiger partial charge on any atom is 0.291 e. The van der Waals surface area contributed by atoms with E-state index in [0.717, 1.165) is 26.5 Å². The highest BCUT2D eigenvalue weighted by molar-refractivity contribution is 6.06. The summed E-state index contributed by atoms with van der Waals surface area (Å²) >= 11 is 0. The molecule has 0 saturated heterocycles. The molecule has 0 fully saturated rings. The number of carbonyl (C=O) groups excluding carboxylic acids is 1. The lowest BCUT2D eigenvalue weighted by atomic mass is 10.1. The van der Waals surface area contributed by atoms with E-state index >= 15 is 0 Å². The van der Waals surface area contributed by atoms with Crippen LogP contribution in [0, 0.1) is 0 Å². The first-order valence-corrected chi connectivity index (χ1v) is 10.1. The minimum Gasteiger partial charge on any atom is -0.493 e. The van der Waals surface area contributed by atoms with Gasteiger partial charge in [-0.15, -0.1) is 0 Å². The number of H-pyrrole nitrogens is 1. The maximum absolute atomic E-state index is 12.8. The number of para-hydroxylation sites is 2. The van der Waals surface area contributed by atoms with Crippen LogP contribution in [0.4, 0.5) is 5.88 Å². The Kier molecular flexibility index (Phi) is 4.91. The lowest BCUT2D eigenvalue weighted by Gasteiger charge is -2.06. The topological polar surface area (TPSA) is 115 Å². The molecule has 0 saturated carbocycles. The van der Waals surface area contributed by atoms with Crippen LogP contribution in [-0.2, 0) is 11.3 Å². The predicted octanol–water partition coefficient (Wildman–Crippen LogP) is 3.57. The predicted molar refractivity (Wildman–Crippen MR) is 120 cm³/mol. The molecule has 160 valence electrons. The first-order chi connectivity index (χ1) is 15.6. The number of anilines is 1. The Labute approximate surface area is 181 Å². The fourth-order valence-corrected chi connectivity index (χ4v) is 3.62. The first-order valence-electron chi connectivity index (χ1n) is 10.1. The molecule has 2 N–H and O–H groups in total. The largest absolute Gasteiger partial charge is 0.493 e. The number of amides is 1. The van der Waals surface area contributed by atoms with Crippen LogP contribution in [0.3, 0.4) is 0 Å². The number of ether oxygens (including phenoxy) is 1. The fourth-order valence-electron chi connectivity index (χ4n) is 3.62. The number of benzene rings is 2. The Hall–Kier alpha value is -4.40. The van der Waals surface area contributed by atoms with Crippen LogP contribution in [0.15, 0.2) is 70.1 Å². The van der Waals surface area contributed by atoms with Crippen LogP contribution in [0.25, 0.3) is 33.1 Å². The molecule has 5 rings (SSSR count). The quantitative estimate of drug-likeness (QED) is 0.426. The first kappa shape index (κ1) is 19.6. The van der Waals surface area contributed by atoms with Gasteiger partial charge in [-0.05, 0) is 25.1 Å². The number of hydrogen-bond donors (Lipinski definition) is 2. The van der Waals surface area contributed by atoms with Gasteiger partial charge < -0.3 is 14.2 Å². The molecule has 32 heavy (non-hydrogen) atoms. The van der Waals surface area contributed by atoms with Crippen molar-refractivity contribution in [3.05, 3.63) is 71.1 Å². The van der Waals surface area contributed by atoms with E-state index in [9.17, 15) is 9.59 Å². The zero-order valence-corrected chi connectivity index (χ0v) is 17.2.